The van der Waals surface area contributed by atoms with Gasteiger partial charge in [0.2, 0.25) is 0 Å². The zero-order chi connectivity index (χ0) is 15.9. The summed E-state index contributed by atoms with van der Waals surface area (Å²) in [6.07, 6.45) is 1.53. The van der Waals surface area contributed by atoms with Crippen molar-refractivity contribution in [1.82, 2.24) is 0 Å². The third-order valence-electron chi connectivity index (χ3n) is 2.96. The van der Waals surface area contributed by atoms with Crippen LogP contribution in [0.4, 0.5) is 0 Å². The van der Waals surface area contributed by atoms with E-state index in [-0.39, 0.29) is 5.92 Å². The first-order valence-corrected chi connectivity index (χ1v) is 7.24. The highest BCUT2D eigenvalue weighted by molar-refractivity contribution is 5.81. The molecule has 0 aliphatic carbocycles. The molecule has 3 N–H and O–H groups in total. The van der Waals surface area contributed by atoms with E-state index in [9.17, 15) is 14.7 Å². The maximum absolute atomic E-state index is 12.3. The molecule has 2 atom stereocenters. The minimum absolute atomic E-state index is 0.207. The van der Waals surface area contributed by atoms with Crippen LogP contribution in [0, 0.1) is 17.8 Å². The van der Waals surface area contributed by atoms with E-state index in [0.29, 0.717) is 25.8 Å². The van der Waals surface area contributed by atoms with E-state index in [1.54, 1.807) is 20.8 Å². The molecule has 0 unspecified atom stereocenters. The molecule has 118 valence electrons. The van der Waals surface area contributed by atoms with E-state index >= 15 is 0 Å². The van der Waals surface area contributed by atoms with E-state index in [2.05, 4.69) is 0 Å². The number of esters is 1. The molecule has 0 amide bonds. The van der Waals surface area contributed by atoms with Gasteiger partial charge in [0, 0.05) is 0 Å². The maximum Gasteiger partial charge on any atom is 0.310 e. The van der Waals surface area contributed by atoms with Gasteiger partial charge in [0.25, 0.3) is 0 Å². The Balaban J connectivity index is 5.07. The summed E-state index contributed by atoms with van der Waals surface area (Å²) >= 11 is 0. The number of carboxylic acid groups (broad SMARTS) is 1. The van der Waals surface area contributed by atoms with Crippen molar-refractivity contribution < 1.29 is 19.4 Å². The van der Waals surface area contributed by atoms with Crippen LogP contribution in [-0.4, -0.2) is 29.2 Å². The summed E-state index contributed by atoms with van der Waals surface area (Å²) < 4.78 is 5.37. The number of hydrogen-bond donors (Lipinski definition) is 2. The van der Waals surface area contributed by atoms with Gasteiger partial charge in [-0.2, -0.15) is 0 Å². The largest absolute Gasteiger partial charge is 0.481 e. The van der Waals surface area contributed by atoms with E-state index in [4.69, 9.17) is 10.5 Å². The molecule has 5 heteroatoms. The van der Waals surface area contributed by atoms with Crippen LogP contribution in [0.3, 0.4) is 0 Å². The molecule has 0 aromatic rings. The minimum atomic E-state index is -0.938. The molecular formula is C15H29NO4. The number of hydrogen-bond acceptors (Lipinski definition) is 4. The molecule has 0 rings (SSSR count). The summed E-state index contributed by atoms with van der Waals surface area (Å²) in [6, 6.07) is 0. The Bertz CT molecular complexity index is 320. The second kappa shape index (κ2) is 8.25. The van der Waals surface area contributed by atoms with Crippen LogP contribution < -0.4 is 5.73 Å². The van der Waals surface area contributed by atoms with Crippen LogP contribution in [-0.2, 0) is 14.3 Å². The Labute approximate surface area is 121 Å². The molecule has 0 fully saturated rings. The Morgan fingerprint density at radius 2 is 1.75 bits per heavy atom. The van der Waals surface area contributed by atoms with Crippen LogP contribution in [0.5, 0.6) is 0 Å². The lowest BCUT2D eigenvalue weighted by atomic mass is 9.82. The van der Waals surface area contributed by atoms with Gasteiger partial charge in [0.05, 0.1) is 11.8 Å². The summed E-state index contributed by atoms with van der Waals surface area (Å²) in [5, 5.41) is 9.40. The van der Waals surface area contributed by atoms with Crippen LogP contribution in [0.1, 0.15) is 53.9 Å². The molecule has 0 bridgehead atoms. The number of carbonyl (C=O) groups is 2. The fourth-order valence-corrected chi connectivity index (χ4v) is 2.14. The number of ether oxygens (including phenoxy) is 1. The van der Waals surface area contributed by atoms with Crippen LogP contribution >= 0.6 is 0 Å². The highest BCUT2D eigenvalue weighted by Crippen LogP contribution is 2.27. The van der Waals surface area contributed by atoms with Gasteiger partial charge in [-0.05, 0) is 52.5 Å². The van der Waals surface area contributed by atoms with Crippen molar-refractivity contribution in [2.24, 2.45) is 23.5 Å². The van der Waals surface area contributed by atoms with Gasteiger partial charge < -0.3 is 15.6 Å². The van der Waals surface area contributed by atoms with Gasteiger partial charge in [0.1, 0.15) is 5.60 Å². The van der Waals surface area contributed by atoms with Gasteiger partial charge in [0.15, 0.2) is 0 Å². The third kappa shape index (κ3) is 7.48. The van der Waals surface area contributed by atoms with Crippen molar-refractivity contribution in [2.75, 3.05) is 6.54 Å². The van der Waals surface area contributed by atoms with Crippen molar-refractivity contribution in [3.05, 3.63) is 0 Å². The summed E-state index contributed by atoms with van der Waals surface area (Å²) in [5.74, 6) is -2.50. The standard InChI is InChI=1S/C15H29NO4/c1-10(2)9-12(13(17)18)11(7-6-8-16)14(19)20-15(3,4)5/h10-12H,6-9,16H2,1-5H3,(H,17,18)/t11-,12+/m0/s1. The first kappa shape index (κ1) is 18.9. The predicted octanol–water partition coefficient (Wildman–Crippen LogP) is 2.43. The number of aliphatic carboxylic acids is 1. The topological polar surface area (TPSA) is 89.6 Å². The zero-order valence-electron chi connectivity index (χ0n) is 13.3. The number of rotatable bonds is 8. The second-order valence-electron chi connectivity index (χ2n) is 6.65. The first-order chi connectivity index (χ1) is 9.08. The summed E-state index contributed by atoms with van der Waals surface area (Å²) in [6.45, 7) is 9.68. The van der Waals surface area contributed by atoms with E-state index in [1.165, 1.54) is 0 Å². The number of carbonyl (C=O) groups excluding carboxylic acids is 1. The minimum Gasteiger partial charge on any atom is -0.481 e. The molecule has 0 saturated carbocycles. The Morgan fingerprint density at radius 3 is 2.10 bits per heavy atom. The van der Waals surface area contributed by atoms with Crippen molar-refractivity contribution in [2.45, 2.75) is 59.5 Å². The summed E-state index contributed by atoms with van der Waals surface area (Å²) in [4.78, 5) is 23.7. The Hall–Kier alpha value is -1.10. The van der Waals surface area contributed by atoms with Crippen LogP contribution in [0.15, 0.2) is 0 Å². The lowest BCUT2D eigenvalue weighted by molar-refractivity contribution is -0.167. The SMILES string of the molecule is CC(C)C[C@@H](C(=O)O)[C@H](CCCN)C(=O)OC(C)(C)C. The molecule has 0 spiro atoms. The molecule has 0 heterocycles. The van der Waals surface area contributed by atoms with E-state index < -0.39 is 29.4 Å². The predicted molar refractivity (Wildman–Crippen MR) is 78.2 cm³/mol. The smallest absolute Gasteiger partial charge is 0.310 e. The normalized spacial score (nSPS) is 14.9. The molecule has 0 aromatic heterocycles. The van der Waals surface area contributed by atoms with Crippen molar-refractivity contribution in [3.63, 3.8) is 0 Å². The van der Waals surface area contributed by atoms with Crippen LogP contribution in [0.2, 0.25) is 0 Å². The quantitative estimate of drug-likeness (QED) is 0.669. The lowest BCUT2D eigenvalue weighted by Crippen LogP contribution is -2.36. The van der Waals surface area contributed by atoms with Gasteiger partial charge in [-0.25, -0.2) is 0 Å². The molecule has 0 radical (unpaired) electrons. The average Bonchev–Trinajstić information content (AvgIpc) is 2.24. The Morgan fingerprint density at radius 1 is 1.20 bits per heavy atom. The van der Waals surface area contributed by atoms with Crippen molar-refractivity contribution in [1.29, 1.82) is 0 Å². The van der Waals surface area contributed by atoms with E-state index in [0.717, 1.165) is 0 Å². The van der Waals surface area contributed by atoms with Crippen LogP contribution in [0.25, 0.3) is 0 Å². The molecular weight excluding hydrogens is 258 g/mol. The highest BCUT2D eigenvalue weighted by Gasteiger charge is 2.36. The zero-order valence-corrected chi connectivity index (χ0v) is 13.3. The van der Waals surface area contributed by atoms with E-state index in [1.807, 2.05) is 13.8 Å². The Kier molecular flexibility index (Phi) is 7.79. The molecule has 20 heavy (non-hydrogen) atoms. The van der Waals surface area contributed by atoms with Gasteiger partial charge >= 0.3 is 11.9 Å². The van der Waals surface area contributed by atoms with Crippen molar-refractivity contribution in [3.8, 4) is 0 Å². The molecule has 0 aliphatic rings. The molecule has 0 aliphatic heterocycles. The highest BCUT2D eigenvalue weighted by atomic mass is 16.6. The fourth-order valence-electron chi connectivity index (χ4n) is 2.14. The first-order valence-electron chi connectivity index (χ1n) is 7.24. The lowest BCUT2D eigenvalue weighted by Gasteiger charge is -2.28. The van der Waals surface area contributed by atoms with Gasteiger partial charge in [-0.1, -0.05) is 13.8 Å². The fraction of sp³-hybridized carbons (Fsp3) is 0.867. The molecule has 0 saturated heterocycles. The molecule has 0 aromatic carbocycles. The van der Waals surface area contributed by atoms with Crippen molar-refractivity contribution >= 4 is 11.9 Å². The summed E-state index contributed by atoms with van der Waals surface area (Å²) in [7, 11) is 0. The molecule has 5 nitrogen and oxygen atoms in total. The third-order valence-corrected chi connectivity index (χ3v) is 2.96. The summed E-state index contributed by atoms with van der Waals surface area (Å²) in [5.41, 5.74) is 4.87. The monoisotopic (exact) mass is 287 g/mol. The second-order valence-corrected chi connectivity index (χ2v) is 6.65. The maximum atomic E-state index is 12.3. The number of nitrogens with two attached hydrogens (primary N) is 1. The van der Waals surface area contributed by atoms with Gasteiger partial charge in [-0.3, -0.25) is 9.59 Å². The average molecular weight is 287 g/mol. The van der Waals surface area contributed by atoms with Gasteiger partial charge in [-0.15, -0.1) is 0 Å². The number of carboxylic acids is 1.